The normalized spacial score (nSPS) is 11.8. The van der Waals surface area contributed by atoms with Gasteiger partial charge in [0.1, 0.15) is 0 Å². The van der Waals surface area contributed by atoms with Gasteiger partial charge in [0.05, 0.1) is 5.75 Å². The van der Waals surface area contributed by atoms with Crippen LogP contribution in [0.25, 0.3) is 0 Å². The van der Waals surface area contributed by atoms with E-state index in [4.69, 9.17) is 15.8 Å². The lowest BCUT2D eigenvalue weighted by molar-refractivity contribution is 0.295. The van der Waals surface area contributed by atoms with E-state index < -0.39 is 9.05 Å². The summed E-state index contributed by atoms with van der Waals surface area (Å²) in [5.41, 5.74) is 0. The molecule has 0 saturated heterocycles. The van der Waals surface area contributed by atoms with Gasteiger partial charge in [-0.25, -0.2) is 8.42 Å². The van der Waals surface area contributed by atoms with Crippen molar-refractivity contribution >= 4 is 19.7 Å². The number of halogens is 1. The SMILES string of the molecule is O=S(=O)(Cl)CCCO. The van der Waals surface area contributed by atoms with E-state index in [0.29, 0.717) is 0 Å². The lowest BCUT2D eigenvalue weighted by Gasteiger charge is -1.88. The molecule has 0 atom stereocenters. The number of aliphatic hydroxyl groups excluding tert-OH is 1. The van der Waals surface area contributed by atoms with Crippen LogP contribution in [0.1, 0.15) is 6.42 Å². The molecule has 1 N–H and O–H groups in total. The molecular weight excluding hydrogens is 152 g/mol. The van der Waals surface area contributed by atoms with Crippen molar-refractivity contribution in [2.24, 2.45) is 0 Å². The van der Waals surface area contributed by atoms with Crippen LogP contribution in [-0.2, 0) is 9.05 Å². The topological polar surface area (TPSA) is 54.4 Å². The van der Waals surface area contributed by atoms with E-state index in [9.17, 15) is 8.42 Å². The molecular formula is C3H7ClO3S. The Bertz CT molecular complexity index is 139. The fourth-order valence-electron chi connectivity index (χ4n) is 0.237. The molecule has 0 bridgehead atoms. The van der Waals surface area contributed by atoms with Crippen molar-refractivity contribution < 1.29 is 13.5 Å². The fourth-order valence-corrected chi connectivity index (χ4v) is 1.04. The van der Waals surface area contributed by atoms with Crippen LogP contribution in [0, 0.1) is 0 Å². The van der Waals surface area contributed by atoms with E-state index in [-0.39, 0.29) is 18.8 Å². The Morgan fingerprint density at radius 1 is 1.50 bits per heavy atom. The highest BCUT2D eigenvalue weighted by Gasteiger charge is 2.01. The summed E-state index contributed by atoms with van der Waals surface area (Å²) in [5, 5.41) is 8.11. The number of aliphatic hydroxyl groups is 1. The van der Waals surface area contributed by atoms with Crippen LogP contribution < -0.4 is 0 Å². The maximum atomic E-state index is 10.0. The molecule has 0 aliphatic carbocycles. The first-order chi connectivity index (χ1) is 3.56. The molecule has 0 fully saturated rings. The first kappa shape index (κ1) is 8.20. The molecule has 0 aromatic heterocycles. The lowest BCUT2D eigenvalue weighted by atomic mass is 10.5. The van der Waals surface area contributed by atoms with Gasteiger partial charge in [-0.3, -0.25) is 0 Å². The van der Waals surface area contributed by atoms with Crippen molar-refractivity contribution in [2.45, 2.75) is 6.42 Å². The van der Waals surface area contributed by atoms with E-state index in [1.54, 1.807) is 0 Å². The summed E-state index contributed by atoms with van der Waals surface area (Å²) in [6.07, 6.45) is 0.214. The minimum Gasteiger partial charge on any atom is -0.396 e. The van der Waals surface area contributed by atoms with Crippen LogP contribution in [0.15, 0.2) is 0 Å². The Labute approximate surface area is 52.7 Å². The summed E-state index contributed by atoms with van der Waals surface area (Å²) in [7, 11) is 1.40. The first-order valence-corrected chi connectivity index (χ1v) is 4.57. The molecule has 0 aliphatic rings. The zero-order chi connectivity index (χ0) is 6.62. The van der Waals surface area contributed by atoms with Crippen LogP contribution in [0.3, 0.4) is 0 Å². The van der Waals surface area contributed by atoms with Gasteiger partial charge in [-0.2, -0.15) is 0 Å². The summed E-state index contributed by atoms with van der Waals surface area (Å²) in [6.45, 7) is -0.133. The second-order valence-electron chi connectivity index (χ2n) is 1.32. The average molecular weight is 159 g/mol. The molecule has 0 unspecified atom stereocenters. The standard InChI is InChI=1S/C3H7ClO3S/c4-8(6,7)3-1-2-5/h5H,1-3H2. The van der Waals surface area contributed by atoms with Crippen molar-refractivity contribution in [3.05, 3.63) is 0 Å². The van der Waals surface area contributed by atoms with Gasteiger partial charge in [-0.1, -0.05) is 0 Å². The quantitative estimate of drug-likeness (QED) is 0.586. The molecule has 0 rings (SSSR count). The van der Waals surface area contributed by atoms with Gasteiger partial charge in [0.15, 0.2) is 0 Å². The maximum absolute atomic E-state index is 10.0. The maximum Gasteiger partial charge on any atom is 0.232 e. The van der Waals surface area contributed by atoms with Gasteiger partial charge < -0.3 is 5.11 Å². The molecule has 0 aromatic rings. The fraction of sp³-hybridized carbons (Fsp3) is 1.00. The van der Waals surface area contributed by atoms with Crippen molar-refractivity contribution in [3.63, 3.8) is 0 Å². The van der Waals surface area contributed by atoms with Gasteiger partial charge in [0.25, 0.3) is 0 Å². The minimum atomic E-state index is -3.37. The highest BCUT2D eigenvalue weighted by atomic mass is 35.7. The van der Waals surface area contributed by atoms with Gasteiger partial charge in [0, 0.05) is 17.3 Å². The molecule has 8 heavy (non-hydrogen) atoms. The summed E-state index contributed by atoms with van der Waals surface area (Å²) in [4.78, 5) is 0. The summed E-state index contributed by atoms with van der Waals surface area (Å²) < 4.78 is 20.1. The van der Waals surface area contributed by atoms with E-state index in [1.807, 2.05) is 0 Å². The van der Waals surface area contributed by atoms with Crippen LogP contribution in [0.5, 0.6) is 0 Å². The zero-order valence-corrected chi connectivity index (χ0v) is 5.74. The van der Waals surface area contributed by atoms with E-state index >= 15 is 0 Å². The second kappa shape index (κ2) is 3.27. The Morgan fingerprint density at radius 3 is 2.12 bits per heavy atom. The Morgan fingerprint density at radius 2 is 2.00 bits per heavy atom. The molecule has 0 amide bonds. The minimum absolute atomic E-state index is 0.133. The van der Waals surface area contributed by atoms with Crippen molar-refractivity contribution in [1.29, 1.82) is 0 Å². The lowest BCUT2D eigenvalue weighted by Crippen LogP contribution is -1.98. The highest BCUT2D eigenvalue weighted by Crippen LogP contribution is 1.96. The largest absolute Gasteiger partial charge is 0.396 e. The van der Waals surface area contributed by atoms with Crippen molar-refractivity contribution in [1.82, 2.24) is 0 Å². The van der Waals surface area contributed by atoms with Crippen LogP contribution >= 0.6 is 10.7 Å². The number of hydrogen-bond acceptors (Lipinski definition) is 3. The van der Waals surface area contributed by atoms with Gasteiger partial charge in [-0.15, -0.1) is 0 Å². The zero-order valence-electron chi connectivity index (χ0n) is 4.17. The molecule has 0 aromatic carbocycles. The van der Waals surface area contributed by atoms with Crippen LogP contribution in [0.4, 0.5) is 0 Å². The first-order valence-electron chi connectivity index (χ1n) is 2.09. The third kappa shape index (κ3) is 6.20. The molecule has 5 heteroatoms. The van der Waals surface area contributed by atoms with Crippen LogP contribution in [-0.4, -0.2) is 25.9 Å². The van der Waals surface area contributed by atoms with Gasteiger partial charge in [-0.05, 0) is 6.42 Å². The smallest absolute Gasteiger partial charge is 0.232 e. The van der Waals surface area contributed by atoms with E-state index in [1.165, 1.54) is 0 Å². The average Bonchev–Trinajstić information content (AvgIpc) is 1.59. The van der Waals surface area contributed by atoms with Gasteiger partial charge in [0.2, 0.25) is 9.05 Å². The highest BCUT2D eigenvalue weighted by molar-refractivity contribution is 8.13. The molecule has 0 spiro atoms. The summed E-state index contributed by atoms with van der Waals surface area (Å²) >= 11 is 0. The monoisotopic (exact) mass is 158 g/mol. The number of hydrogen-bond donors (Lipinski definition) is 1. The Kier molecular flexibility index (Phi) is 3.35. The third-order valence-electron chi connectivity index (χ3n) is 0.546. The number of rotatable bonds is 3. The van der Waals surface area contributed by atoms with Crippen molar-refractivity contribution in [3.8, 4) is 0 Å². The molecule has 0 heterocycles. The second-order valence-corrected chi connectivity index (χ2v) is 4.22. The van der Waals surface area contributed by atoms with Gasteiger partial charge >= 0.3 is 0 Å². The Hall–Kier alpha value is 0.200. The Balaban J connectivity index is 3.42. The van der Waals surface area contributed by atoms with Crippen LogP contribution in [0.2, 0.25) is 0 Å². The molecule has 0 saturated carbocycles. The predicted octanol–water partition coefficient (Wildman–Crippen LogP) is -0.0626. The van der Waals surface area contributed by atoms with E-state index in [0.717, 1.165) is 0 Å². The molecule has 0 radical (unpaired) electrons. The van der Waals surface area contributed by atoms with E-state index in [2.05, 4.69) is 0 Å². The molecule has 3 nitrogen and oxygen atoms in total. The summed E-state index contributed by atoms with van der Waals surface area (Å²) in [6, 6.07) is 0. The predicted molar refractivity (Wildman–Crippen MR) is 31.3 cm³/mol. The van der Waals surface area contributed by atoms with Crippen molar-refractivity contribution in [2.75, 3.05) is 12.4 Å². The summed E-state index contributed by atoms with van der Waals surface area (Å²) in [5.74, 6) is -0.148. The molecule has 50 valence electrons. The third-order valence-corrected chi connectivity index (χ3v) is 1.79. The molecule has 0 aliphatic heterocycles.